The van der Waals surface area contributed by atoms with Crippen molar-refractivity contribution in [2.24, 2.45) is 11.8 Å². The Labute approximate surface area is 129 Å². The molecule has 1 rings (SSSR count). The molecule has 1 fully saturated rings. The van der Waals surface area contributed by atoms with Crippen LogP contribution in [0.1, 0.15) is 68.2 Å². The van der Waals surface area contributed by atoms with Gasteiger partial charge in [0, 0.05) is 29.8 Å². The number of hydrogen-bond acceptors (Lipinski definition) is 3. The first kappa shape index (κ1) is 18.0. The van der Waals surface area contributed by atoms with Gasteiger partial charge in [0.05, 0.1) is 5.92 Å². The SMILES string of the molecule is CC(C)C(=O)OC1CC(C)(C)N(C(=O)C(C)C)C(C)(C)C1. The largest absolute Gasteiger partial charge is 0.462 e. The Hall–Kier alpha value is -1.06. The number of likely N-dealkylation sites (tertiary alicyclic amines) is 1. The van der Waals surface area contributed by atoms with E-state index in [1.807, 2.05) is 32.6 Å². The van der Waals surface area contributed by atoms with Gasteiger partial charge >= 0.3 is 5.97 Å². The second kappa shape index (κ2) is 5.98. The summed E-state index contributed by atoms with van der Waals surface area (Å²) in [4.78, 5) is 26.4. The number of carbonyl (C=O) groups is 2. The zero-order valence-electron chi connectivity index (χ0n) is 14.8. The molecule has 1 amide bonds. The van der Waals surface area contributed by atoms with E-state index in [2.05, 4.69) is 27.7 Å². The van der Waals surface area contributed by atoms with E-state index in [-0.39, 0.29) is 40.9 Å². The molecular formula is C17H31NO3. The van der Waals surface area contributed by atoms with E-state index in [1.165, 1.54) is 0 Å². The summed E-state index contributed by atoms with van der Waals surface area (Å²) < 4.78 is 5.64. The summed E-state index contributed by atoms with van der Waals surface area (Å²) in [7, 11) is 0. The predicted octanol–water partition coefficient (Wildman–Crippen LogP) is 3.39. The number of carbonyl (C=O) groups excluding carboxylic acids is 2. The molecular weight excluding hydrogens is 266 g/mol. The van der Waals surface area contributed by atoms with Crippen LogP contribution in [0.3, 0.4) is 0 Å². The summed E-state index contributed by atoms with van der Waals surface area (Å²) in [6.07, 6.45) is 1.25. The van der Waals surface area contributed by atoms with E-state index in [1.54, 1.807) is 0 Å². The van der Waals surface area contributed by atoms with Crippen molar-refractivity contribution in [2.45, 2.75) is 85.4 Å². The average Bonchev–Trinajstić information content (AvgIpc) is 2.24. The van der Waals surface area contributed by atoms with Crippen molar-refractivity contribution in [1.29, 1.82) is 0 Å². The second-order valence-electron chi connectivity index (χ2n) is 8.08. The van der Waals surface area contributed by atoms with Crippen LogP contribution in [0, 0.1) is 11.8 Å². The Morgan fingerprint density at radius 3 is 1.71 bits per heavy atom. The summed E-state index contributed by atoms with van der Waals surface area (Å²) in [6, 6.07) is 0. The number of amides is 1. The van der Waals surface area contributed by atoms with Gasteiger partial charge < -0.3 is 9.64 Å². The monoisotopic (exact) mass is 297 g/mol. The molecule has 0 bridgehead atoms. The number of rotatable bonds is 3. The second-order valence-corrected chi connectivity index (χ2v) is 8.08. The highest BCUT2D eigenvalue weighted by molar-refractivity contribution is 5.80. The maximum atomic E-state index is 12.6. The summed E-state index contributed by atoms with van der Waals surface area (Å²) in [5.41, 5.74) is -0.629. The van der Waals surface area contributed by atoms with Crippen LogP contribution in [0.25, 0.3) is 0 Å². The fourth-order valence-electron chi connectivity index (χ4n) is 3.43. The minimum Gasteiger partial charge on any atom is -0.462 e. The standard InChI is InChI=1S/C17H31NO3/c1-11(2)14(19)18-16(5,6)9-13(10-17(18,7)8)21-15(20)12(3)4/h11-13H,9-10H2,1-8H3. The maximum absolute atomic E-state index is 12.6. The Morgan fingerprint density at radius 2 is 1.38 bits per heavy atom. The lowest BCUT2D eigenvalue weighted by molar-refractivity contribution is -0.171. The lowest BCUT2D eigenvalue weighted by Gasteiger charge is -2.55. The van der Waals surface area contributed by atoms with Gasteiger partial charge in [-0.15, -0.1) is 0 Å². The summed E-state index contributed by atoms with van der Waals surface area (Å²) in [5.74, 6) is -0.140. The third kappa shape index (κ3) is 3.98. The molecule has 4 nitrogen and oxygen atoms in total. The van der Waals surface area contributed by atoms with Gasteiger partial charge in [-0.3, -0.25) is 9.59 Å². The molecule has 0 radical (unpaired) electrons. The molecule has 0 aliphatic carbocycles. The first-order chi connectivity index (χ1) is 9.38. The molecule has 1 saturated heterocycles. The third-order valence-electron chi connectivity index (χ3n) is 4.13. The molecule has 0 aromatic rings. The maximum Gasteiger partial charge on any atom is 0.308 e. The van der Waals surface area contributed by atoms with E-state index in [9.17, 15) is 9.59 Å². The number of esters is 1. The molecule has 1 aliphatic rings. The van der Waals surface area contributed by atoms with Crippen molar-refractivity contribution in [1.82, 2.24) is 4.90 Å². The minimum absolute atomic E-state index is 0.0293. The number of nitrogens with zero attached hydrogens (tertiary/aromatic N) is 1. The van der Waals surface area contributed by atoms with Crippen LogP contribution in [0.4, 0.5) is 0 Å². The van der Waals surface area contributed by atoms with Crippen molar-refractivity contribution in [2.75, 3.05) is 0 Å². The van der Waals surface area contributed by atoms with Crippen molar-refractivity contribution in [3.8, 4) is 0 Å². The van der Waals surface area contributed by atoms with Gasteiger partial charge in [-0.2, -0.15) is 0 Å². The molecule has 0 aromatic heterocycles. The van der Waals surface area contributed by atoms with Crippen molar-refractivity contribution >= 4 is 11.9 Å². The first-order valence-electron chi connectivity index (χ1n) is 7.93. The van der Waals surface area contributed by atoms with E-state index in [0.29, 0.717) is 12.8 Å². The molecule has 122 valence electrons. The van der Waals surface area contributed by atoms with Gasteiger partial charge in [0.25, 0.3) is 0 Å². The van der Waals surface area contributed by atoms with Gasteiger partial charge in [0.1, 0.15) is 6.10 Å². The highest BCUT2D eigenvalue weighted by Crippen LogP contribution is 2.40. The van der Waals surface area contributed by atoms with Crippen LogP contribution in [0.5, 0.6) is 0 Å². The molecule has 21 heavy (non-hydrogen) atoms. The summed E-state index contributed by atoms with van der Waals surface area (Å²) in [5, 5.41) is 0. The van der Waals surface area contributed by atoms with Crippen LogP contribution in [0.2, 0.25) is 0 Å². The number of ether oxygens (including phenoxy) is 1. The van der Waals surface area contributed by atoms with E-state index >= 15 is 0 Å². The summed E-state index contributed by atoms with van der Waals surface area (Å²) >= 11 is 0. The van der Waals surface area contributed by atoms with Crippen molar-refractivity contribution in [3.63, 3.8) is 0 Å². The van der Waals surface area contributed by atoms with Crippen LogP contribution in [-0.2, 0) is 14.3 Å². The Morgan fingerprint density at radius 1 is 0.952 bits per heavy atom. The molecule has 0 atom stereocenters. The lowest BCUT2D eigenvalue weighted by atomic mass is 9.77. The van der Waals surface area contributed by atoms with E-state index < -0.39 is 0 Å². The molecule has 4 heteroatoms. The minimum atomic E-state index is -0.314. The van der Waals surface area contributed by atoms with Gasteiger partial charge in [0.2, 0.25) is 5.91 Å². The van der Waals surface area contributed by atoms with Gasteiger partial charge in [0.15, 0.2) is 0 Å². The molecule has 0 N–H and O–H groups in total. The quantitative estimate of drug-likeness (QED) is 0.750. The normalized spacial score (nSPS) is 21.7. The average molecular weight is 297 g/mol. The predicted molar refractivity (Wildman–Crippen MR) is 83.8 cm³/mol. The topological polar surface area (TPSA) is 46.6 Å². The Bertz CT molecular complexity index is 392. The van der Waals surface area contributed by atoms with Gasteiger partial charge in [-0.05, 0) is 27.7 Å². The van der Waals surface area contributed by atoms with Crippen LogP contribution in [-0.4, -0.2) is 34.0 Å². The Balaban J connectivity index is 2.97. The first-order valence-corrected chi connectivity index (χ1v) is 7.93. The Kier molecular flexibility index (Phi) is 5.12. The van der Waals surface area contributed by atoms with E-state index in [0.717, 1.165) is 0 Å². The van der Waals surface area contributed by atoms with Crippen LogP contribution in [0.15, 0.2) is 0 Å². The molecule has 1 heterocycles. The fraction of sp³-hybridized carbons (Fsp3) is 0.882. The van der Waals surface area contributed by atoms with Crippen molar-refractivity contribution < 1.29 is 14.3 Å². The molecule has 0 aromatic carbocycles. The number of piperidine rings is 1. The third-order valence-corrected chi connectivity index (χ3v) is 4.13. The summed E-state index contributed by atoms with van der Waals surface area (Å²) in [6.45, 7) is 15.8. The lowest BCUT2D eigenvalue weighted by Crippen LogP contribution is -2.65. The zero-order valence-corrected chi connectivity index (χ0v) is 14.8. The molecule has 0 unspecified atom stereocenters. The smallest absolute Gasteiger partial charge is 0.308 e. The highest BCUT2D eigenvalue weighted by Gasteiger charge is 2.49. The van der Waals surface area contributed by atoms with E-state index in [4.69, 9.17) is 4.74 Å². The zero-order chi connectivity index (χ0) is 16.6. The molecule has 1 aliphatic heterocycles. The highest BCUT2D eigenvalue weighted by atomic mass is 16.5. The molecule has 0 saturated carbocycles. The van der Waals surface area contributed by atoms with Crippen LogP contribution < -0.4 is 0 Å². The van der Waals surface area contributed by atoms with Crippen LogP contribution >= 0.6 is 0 Å². The molecule has 0 spiro atoms. The van der Waals surface area contributed by atoms with Gasteiger partial charge in [-0.1, -0.05) is 27.7 Å². The van der Waals surface area contributed by atoms with Crippen molar-refractivity contribution in [3.05, 3.63) is 0 Å². The fourth-order valence-corrected chi connectivity index (χ4v) is 3.43. The van der Waals surface area contributed by atoms with Gasteiger partial charge in [-0.25, -0.2) is 0 Å². The number of hydrogen-bond donors (Lipinski definition) is 0.